The molecule has 2 heterocycles. The molecule has 0 unspecified atom stereocenters. The van der Waals surface area contributed by atoms with Gasteiger partial charge in [-0.2, -0.15) is 0 Å². The van der Waals surface area contributed by atoms with Crippen LogP contribution in [-0.4, -0.2) is 29.7 Å². The Morgan fingerprint density at radius 1 is 1.48 bits per heavy atom. The maximum atomic E-state index is 12.5. The number of ether oxygens (including phenoxy) is 1. The van der Waals surface area contributed by atoms with Gasteiger partial charge in [-0.05, 0) is 42.0 Å². The lowest BCUT2D eigenvalue weighted by Crippen LogP contribution is -2.38. The van der Waals surface area contributed by atoms with E-state index in [-0.39, 0.29) is 17.8 Å². The largest absolute Gasteiger partial charge is 0.504 e. The van der Waals surface area contributed by atoms with Gasteiger partial charge in [0.25, 0.3) is 0 Å². The highest BCUT2D eigenvalue weighted by atomic mass is 32.1. The number of carbonyl (C=O) groups is 1. The van der Waals surface area contributed by atoms with Gasteiger partial charge in [0.2, 0.25) is 0 Å². The molecule has 122 valence electrons. The lowest BCUT2D eigenvalue weighted by atomic mass is 10.2. The average molecular weight is 332 g/mol. The van der Waals surface area contributed by atoms with Crippen LogP contribution in [0, 0.1) is 0 Å². The predicted octanol–water partition coefficient (Wildman–Crippen LogP) is 3.51. The van der Waals surface area contributed by atoms with E-state index in [1.807, 2.05) is 22.4 Å². The fraction of sp³-hybridized carbons (Fsp3) is 0.353. The number of nitrogens with one attached hydrogen (secondary N) is 1. The molecule has 2 aromatic rings. The first kappa shape index (κ1) is 15.7. The Morgan fingerprint density at radius 3 is 3.04 bits per heavy atom. The number of hydrogen-bond donors (Lipinski definition) is 2. The zero-order chi connectivity index (χ0) is 16.2. The number of thiophene rings is 1. The van der Waals surface area contributed by atoms with Crippen molar-refractivity contribution in [3.8, 4) is 11.5 Å². The molecule has 3 rings (SSSR count). The van der Waals surface area contributed by atoms with E-state index in [2.05, 4.69) is 11.4 Å². The van der Waals surface area contributed by atoms with Crippen molar-refractivity contribution < 1.29 is 14.6 Å². The molecule has 23 heavy (non-hydrogen) atoms. The molecule has 5 nitrogen and oxygen atoms in total. The Hall–Kier alpha value is -2.21. The molecule has 2 N–H and O–H groups in total. The third kappa shape index (κ3) is 3.42. The minimum atomic E-state index is -0.0591. The smallest absolute Gasteiger partial charge is 0.318 e. The van der Waals surface area contributed by atoms with Crippen LogP contribution in [-0.2, 0) is 6.54 Å². The predicted molar refractivity (Wildman–Crippen MR) is 89.9 cm³/mol. The van der Waals surface area contributed by atoms with Crippen LogP contribution in [0.1, 0.15) is 29.3 Å². The second-order valence-electron chi connectivity index (χ2n) is 5.53. The number of hydrogen-bond acceptors (Lipinski definition) is 4. The highest BCUT2D eigenvalue weighted by Crippen LogP contribution is 2.34. The first-order chi connectivity index (χ1) is 11.2. The van der Waals surface area contributed by atoms with Gasteiger partial charge in [0.05, 0.1) is 13.2 Å². The van der Waals surface area contributed by atoms with Crippen molar-refractivity contribution in [1.82, 2.24) is 10.2 Å². The van der Waals surface area contributed by atoms with Gasteiger partial charge in [0.15, 0.2) is 11.5 Å². The zero-order valence-corrected chi connectivity index (χ0v) is 13.8. The van der Waals surface area contributed by atoms with Crippen LogP contribution in [0.2, 0.25) is 0 Å². The van der Waals surface area contributed by atoms with E-state index >= 15 is 0 Å². The van der Waals surface area contributed by atoms with E-state index in [1.165, 1.54) is 12.0 Å². The van der Waals surface area contributed by atoms with Gasteiger partial charge < -0.3 is 20.1 Å². The van der Waals surface area contributed by atoms with Crippen LogP contribution < -0.4 is 10.1 Å². The molecule has 2 amide bonds. The van der Waals surface area contributed by atoms with Gasteiger partial charge in [-0.15, -0.1) is 11.3 Å². The van der Waals surface area contributed by atoms with Gasteiger partial charge in [-0.25, -0.2) is 4.79 Å². The Bertz CT molecular complexity index is 672. The summed E-state index contributed by atoms with van der Waals surface area (Å²) in [4.78, 5) is 15.6. The van der Waals surface area contributed by atoms with E-state index < -0.39 is 0 Å². The molecule has 1 aromatic heterocycles. The van der Waals surface area contributed by atoms with Crippen molar-refractivity contribution in [2.75, 3.05) is 13.7 Å². The zero-order valence-electron chi connectivity index (χ0n) is 13.0. The van der Waals surface area contributed by atoms with E-state index in [4.69, 9.17) is 4.74 Å². The topological polar surface area (TPSA) is 61.8 Å². The molecule has 1 aliphatic heterocycles. The second kappa shape index (κ2) is 6.91. The van der Waals surface area contributed by atoms with E-state index in [0.717, 1.165) is 24.9 Å². The van der Waals surface area contributed by atoms with E-state index in [0.29, 0.717) is 12.3 Å². The normalized spacial score (nSPS) is 17.3. The molecule has 1 atom stereocenters. The first-order valence-corrected chi connectivity index (χ1v) is 8.51. The van der Waals surface area contributed by atoms with E-state index in [9.17, 15) is 9.90 Å². The van der Waals surface area contributed by atoms with Gasteiger partial charge in [0, 0.05) is 18.0 Å². The number of nitrogens with zero attached hydrogens (tertiary/aromatic N) is 1. The summed E-state index contributed by atoms with van der Waals surface area (Å²) in [6.45, 7) is 1.16. The van der Waals surface area contributed by atoms with E-state index in [1.54, 1.807) is 23.5 Å². The maximum absolute atomic E-state index is 12.5. The Kier molecular flexibility index (Phi) is 4.71. The van der Waals surface area contributed by atoms with Crippen LogP contribution in [0.15, 0.2) is 35.7 Å². The monoisotopic (exact) mass is 332 g/mol. The minimum absolute atomic E-state index is 0.0591. The van der Waals surface area contributed by atoms with Crippen LogP contribution >= 0.6 is 11.3 Å². The summed E-state index contributed by atoms with van der Waals surface area (Å²) in [5, 5.41) is 14.8. The first-order valence-electron chi connectivity index (χ1n) is 7.63. The van der Waals surface area contributed by atoms with Crippen LogP contribution in [0.5, 0.6) is 11.5 Å². The minimum Gasteiger partial charge on any atom is -0.504 e. The molecule has 0 spiro atoms. The maximum Gasteiger partial charge on any atom is 0.318 e. The summed E-state index contributed by atoms with van der Waals surface area (Å²) >= 11 is 1.69. The molecule has 0 radical (unpaired) electrons. The average Bonchev–Trinajstić information content (AvgIpc) is 3.23. The summed E-state index contributed by atoms with van der Waals surface area (Å²) in [6, 6.07) is 9.37. The van der Waals surface area contributed by atoms with Crippen molar-refractivity contribution >= 4 is 17.4 Å². The molecular weight excluding hydrogens is 312 g/mol. The van der Waals surface area contributed by atoms with Crippen LogP contribution in [0.3, 0.4) is 0 Å². The van der Waals surface area contributed by atoms with Gasteiger partial charge in [-0.3, -0.25) is 0 Å². The van der Waals surface area contributed by atoms with Crippen LogP contribution in [0.4, 0.5) is 4.79 Å². The third-order valence-corrected chi connectivity index (χ3v) is 5.05. The molecule has 1 aliphatic rings. The summed E-state index contributed by atoms with van der Waals surface area (Å²) in [5.41, 5.74) is 0.837. The summed E-state index contributed by atoms with van der Waals surface area (Å²) in [6.07, 6.45) is 2.04. The highest BCUT2D eigenvalue weighted by Gasteiger charge is 2.30. The van der Waals surface area contributed by atoms with Crippen molar-refractivity contribution in [2.24, 2.45) is 0 Å². The molecule has 6 heteroatoms. The number of phenols is 1. The van der Waals surface area contributed by atoms with Crippen LogP contribution in [0.25, 0.3) is 0 Å². The number of urea groups is 1. The number of aromatic hydroxyl groups is 1. The quantitative estimate of drug-likeness (QED) is 0.901. The Labute approximate surface area is 139 Å². The number of methoxy groups -OCH3 is 1. The second-order valence-corrected chi connectivity index (χ2v) is 6.51. The lowest BCUT2D eigenvalue weighted by Gasteiger charge is -2.24. The summed E-state index contributed by atoms with van der Waals surface area (Å²) in [7, 11) is 1.51. The molecule has 0 saturated carbocycles. The Balaban J connectivity index is 1.62. The number of rotatable bonds is 4. The molecule has 1 fully saturated rings. The van der Waals surface area contributed by atoms with Crippen molar-refractivity contribution in [3.63, 3.8) is 0 Å². The highest BCUT2D eigenvalue weighted by molar-refractivity contribution is 7.10. The number of phenolic OH excluding ortho intramolecular Hbond substituents is 1. The van der Waals surface area contributed by atoms with Gasteiger partial charge in [-0.1, -0.05) is 12.1 Å². The molecular formula is C17H20N2O3S. The number of likely N-dealkylation sites (tertiary alicyclic amines) is 1. The fourth-order valence-electron chi connectivity index (χ4n) is 2.91. The molecule has 1 aromatic carbocycles. The number of benzene rings is 1. The molecule has 1 saturated heterocycles. The summed E-state index contributed by atoms with van der Waals surface area (Å²) < 4.78 is 5.02. The lowest BCUT2D eigenvalue weighted by molar-refractivity contribution is 0.193. The van der Waals surface area contributed by atoms with Gasteiger partial charge in [0.1, 0.15) is 0 Å². The standard InChI is InChI=1S/C17H20N2O3S/c1-22-15-7-6-12(10-14(15)20)11-18-17(21)19-8-2-4-13(19)16-5-3-9-23-16/h3,5-7,9-10,13,20H,2,4,8,11H2,1H3,(H,18,21)/t13-/m1/s1. The molecule has 0 bridgehead atoms. The summed E-state index contributed by atoms with van der Waals surface area (Å²) in [5.74, 6) is 0.509. The SMILES string of the molecule is COc1ccc(CNC(=O)N2CCC[C@@H]2c2cccs2)cc1O. The number of carbonyl (C=O) groups excluding carboxylic acids is 1. The van der Waals surface area contributed by atoms with Crippen molar-refractivity contribution in [3.05, 3.63) is 46.2 Å². The van der Waals surface area contributed by atoms with Gasteiger partial charge >= 0.3 is 6.03 Å². The number of amides is 2. The fourth-order valence-corrected chi connectivity index (χ4v) is 3.78. The third-order valence-electron chi connectivity index (χ3n) is 4.07. The Morgan fingerprint density at radius 2 is 2.35 bits per heavy atom. The van der Waals surface area contributed by atoms with Crippen molar-refractivity contribution in [1.29, 1.82) is 0 Å². The molecule has 0 aliphatic carbocycles. The van der Waals surface area contributed by atoms with Crippen molar-refractivity contribution in [2.45, 2.75) is 25.4 Å².